The summed E-state index contributed by atoms with van der Waals surface area (Å²) in [5, 5.41) is 9.33. The first-order chi connectivity index (χ1) is 2.50. The zero-order valence-corrected chi connectivity index (χ0v) is 3.13. The first-order valence-corrected chi connectivity index (χ1v) is 1.30. The van der Waals surface area contributed by atoms with Gasteiger partial charge in [0, 0.05) is 8.41 Å². The van der Waals surface area contributed by atoms with E-state index in [4.69, 9.17) is 0 Å². The van der Waals surface area contributed by atoms with Gasteiger partial charge in [-0.15, -0.1) is 0 Å². The molecule has 0 saturated heterocycles. The second kappa shape index (κ2) is 2.44. The first-order valence-electron chi connectivity index (χ1n) is 1.30. The minimum atomic E-state index is 0. The lowest BCUT2D eigenvalue weighted by Crippen LogP contribution is -1.61. The molecule has 1 N–H and O–H groups in total. The summed E-state index contributed by atoms with van der Waals surface area (Å²) < 4.78 is 0. The lowest BCUT2D eigenvalue weighted by molar-refractivity contribution is 0.940. The van der Waals surface area contributed by atoms with Crippen LogP contribution in [0.25, 0.3) is 0 Å². The summed E-state index contributed by atoms with van der Waals surface area (Å²) in [6, 6.07) is 0. The Balaban J connectivity index is 0.000000250. The maximum Gasteiger partial charge on any atom is 0.0690 e. The molecule has 29 valence electrons. The van der Waals surface area contributed by atoms with Gasteiger partial charge in [-0.2, -0.15) is 15.4 Å². The van der Waals surface area contributed by atoms with Crippen molar-refractivity contribution in [1.82, 2.24) is 15.4 Å². The fraction of sp³-hybridized carbons (Fsp3) is 0. The van der Waals surface area contributed by atoms with Crippen LogP contribution in [0.5, 0.6) is 0 Å². The van der Waals surface area contributed by atoms with E-state index >= 15 is 0 Å². The van der Waals surface area contributed by atoms with Crippen molar-refractivity contribution in [3.8, 4) is 0 Å². The maximum absolute atomic E-state index is 3.49. The van der Waals surface area contributed by atoms with Gasteiger partial charge in [-0.05, 0) is 0 Å². The predicted octanol–water partition coefficient (Wildman–Crippen LogP) is -0.576. The highest BCUT2D eigenvalue weighted by atomic mass is 15.3. The first kappa shape index (κ1) is 5.20. The fourth-order valence-electron chi connectivity index (χ4n) is 0.167. The molecule has 0 spiro atoms. The van der Waals surface area contributed by atoms with Crippen LogP contribution in [0.1, 0.15) is 0 Å². The molecule has 1 aromatic rings. The van der Waals surface area contributed by atoms with Crippen LogP contribution < -0.4 is 0 Å². The van der Waals surface area contributed by atoms with Crippen molar-refractivity contribution in [2.75, 3.05) is 0 Å². The molecule has 3 radical (unpaired) electrons. The third kappa shape index (κ3) is 0.881. The van der Waals surface area contributed by atoms with Crippen molar-refractivity contribution in [1.29, 1.82) is 0 Å². The van der Waals surface area contributed by atoms with E-state index in [2.05, 4.69) is 15.4 Å². The summed E-state index contributed by atoms with van der Waals surface area (Å²) in [5.74, 6) is 0. The van der Waals surface area contributed by atoms with Crippen molar-refractivity contribution in [3.63, 3.8) is 0 Å². The Bertz CT molecular complexity index is 65.3. The van der Waals surface area contributed by atoms with Gasteiger partial charge in [-0.25, -0.2) is 0 Å². The predicted molar refractivity (Wildman–Crippen MR) is 22.1 cm³/mol. The van der Waals surface area contributed by atoms with E-state index in [0.29, 0.717) is 0 Å². The molecule has 1 heterocycles. The third-order valence-electron chi connectivity index (χ3n) is 0.331. The largest absolute Gasteiger partial charge is 0.198 e. The fourth-order valence-corrected chi connectivity index (χ4v) is 0.167. The lowest BCUT2D eigenvalue weighted by Gasteiger charge is -1.48. The maximum atomic E-state index is 3.49. The van der Waals surface area contributed by atoms with Crippen LogP contribution in [0.3, 0.4) is 0 Å². The van der Waals surface area contributed by atoms with E-state index in [1.807, 2.05) is 0 Å². The van der Waals surface area contributed by atoms with Crippen molar-refractivity contribution >= 4 is 8.41 Å². The number of hydrogen-bond acceptors (Lipinski definition) is 2. The Morgan fingerprint density at radius 3 is 1.83 bits per heavy atom. The summed E-state index contributed by atoms with van der Waals surface area (Å²) in [6.07, 6.45) is 3.17. The number of nitrogens with zero attached hydrogens (tertiary/aromatic N) is 2. The van der Waals surface area contributed by atoms with Crippen LogP contribution in [0.4, 0.5) is 0 Å². The van der Waals surface area contributed by atoms with Crippen LogP contribution >= 0.6 is 0 Å². The number of aromatic nitrogens is 3. The topological polar surface area (TPSA) is 41.6 Å². The number of rotatable bonds is 0. The lowest BCUT2D eigenvalue weighted by atomic mass is 10.8. The molecule has 3 nitrogen and oxygen atoms in total. The molecular formula is C2H3BN3. The molecule has 1 aromatic heterocycles. The molecule has 0 aliphatic rings. The normalized spacial score (nSPS) is 6.67. The number of nitrogens with one attached hydrogen (secondary N) is 1. The molecule has 0 saturated carbocycles. The SMILES string of the molecule is [B].c1cn[nH]n1. The van der Waals surface area contributed by atoms with E-state index in [9.17, 15) is 0 Å². The van der Waals surface area contributed by atoms with Gasteiger partial charge in [-0.1, -0.05) is 0 Å². The van der Waals surface area contributed by atoms with Gasteiger partial charge in [0.15, 0.2) is 0 Å². The number of aromatic amines is 1. The average molecular weight is 79.9 g/mol. The zero-order valence-electron chi connectivity index (χ0n) is 3.13. The number of hydrogen-bond donors (Lipinski definition) is 1. The van der Waals surface area contributed by atoms with Crippen LogP contribution in [0.15, 0.2) is 12.4 Å². The van der Waals surface area contributed by atoms with Gasteiger partial charge >= 0.3 is 0 Å². The van der Waals surface area contributed by atoms with E-state index in [0.717, 1.165) is 0 Å². The Morgan fingerprint density at radius 2 is 1.67 bits per heavy atom. The molecule has 1 rings (SSSR count). The highest BCUT2D eigenvalue weighted by Crippen LogP contribution is 1.55. The van der Waals surface area contributed by atoms with Gasteiger partial charge < -0.3 is 0 Å². The summed E-state index contributed by atoms with van der Waals surface area (Å²) in [4.78, 5) is 0. The summed E-state index contributed by atoms with van der Waals surface area (Å²) in [5.41, 5.74) is 0. The minimum absolute atomic E-state index is 0. The quantitative estimate of drug-likeness (QED) is 0.423. The summed E-state index contributed by atoms with van der Waals surface area (Å²) in [7, 11) is 0. The molecule has 0 bridgehead atoms. The highest BCUT2D eigenvalue weighted by Gasteiger charge is 1.57. The second-order valence-electron chi connectivity index (χ2n) is 0.656. The Hall–Kier alpha value is -0.795. The zero-order chi connectivity index (χ0) is 3.54. The molecule has 0 fully saturated rings. The average Bonchev–Trinajstić information content (AvgIpc) is 1.76. The van der Waals surface area contributed by atoms with Crippen LogP contribution in [-0.2, 0) is 0 Å². The summed E-state index contributed by atoms with van der Waals surface area (Å²) in [6.45, 7) is 0. The van der Waals surface area contributed by atoms with Gasteiger partial charge in [-0.3, -0.25) is 0 Å². The minimum Gasteiger partial charge on any atom is -0.198 e. The van der Waals surface area contributed by atoms with E-state index in [-0.39, 0.29) is 8.41 Å². The molecule has 0 unspecified atom stereocenters. The Morgan fingerprint density at radius 1 is 1.17 bits per heavy atom. The van der Waals surface area contributed by atoms with Crippen LogP contribution in [-0.4, -0.2) is 23.8 Å². The smallest absolute Gasteiger partial charge is 0.0690 e. The van der Waals surface area contributed by atoms with Crippen molar-refractivity contribution in [3.05, 3.63) is 12.4 Å². The molecular weight excluding hydrogens is 76.9 g/mol. The van der Waals surface area contributed by atoms with Gasteiger partial charge in [0.25, 0.3) is 0 Å². The molecule has 0 amide bonds. The van der Waals surface area contributed by atoms with Gasteiger partial charge in [0.2, 0.25) is 0 Å². The molecule has 6 heavy (non-hydrogen) atoms. The van der Waals surface area contributed by atoms with E-state index in [1.54, 1.807) is 12.4 Å². The Kier molecular flexibility index (Phi) is 2.12. The van der Waals surface area contributed by atoms with Gasteiger partial charge in [0.1, 0.15) is 0 Å². The van der Waals surface area contributed by atoms with Crippen LogP contribution in [0.2, 0.25) is 0 Å². The Labute approximate surface area is 37.3 Å². The summed E-state index contributed by atoms with van der Waals surface area (Å²) >= 11 is 0. The van der Waals surface area contributed by atoms with Crippen molar-refractivity contribution in [2.45, 2.75) is 0 Å². The monoisotopic (exact) mass is 80.0 g/mol. The van der Waals surface area contributed by atoms with Crippen molar-refractivity contribution < 1.29 is 0 Å². The van der Waals surface area contributed by atoms with Crippen LogP contribution in [0, 0.1) is 0 Å². The molecule has 0 aliphatic carbocycles. The highest BCUT2D eigenvalue weighted by molar-refractivity contribution is 5.75. The molecule has 0 aliphatic heterocycles. The second-order valence-corrected chi connectivity index (χ2v) is 0.656. The molecule has 0 aromatic carbocycles. The van der Waals surface area contributed by atoms with E-state index in [1.165, 1.54) is 0 Å². The van der Waals surface area contributed by atoms with E-state index < -0.39 is 0 Å². The number of H-pyrrole nitrogens is 1. The molecule has 0 atom stereocenters. The standard InChI is InChI=1S/C2H3N3.B/c1-2-4-5-3-1;/h1-2H,(H,3,4,5);. The van der Waals surface area contributed by atoms with Crippen molar-refractivity contribution in [2.24, 2.45) is 0 Å². The molecule has 4 heteroatoms. The van der Waals surface area contributed by atoms with Gasteiger partial charge in [0.05, 0.1) is 12.4 Å². The third-order valence-corrected chi connectivity index (χ3v) is 0.331.